The van der Waals surface area contributed by atoms with Gasteiger partial charge in [0, 0.05) is 25.4 Å². The highest BCUT2D eigenvalue weighted by atomic mass is 32.2. The van der Waals surface area contributed by atoms with E-state index in [9.17, 15) is 13.2 Å². The number of carbonyl (C=O) groups is 1. The van der Waals surface area contributed by atoms with Gasteiger partial charge in [-0.2, -0.15) is 0 Å². The molecule has 0 radical (unpaired) electrons. The molecule has 0 unspecified atom stereocenters. The van der Waals surface area contributed by atoms with E-state index in [1.54, 1.807) is 23.1 Å². The molecule has 1 aromatic rings. The van der Waals surface area contributed by atoms with Crippen LogP contribution in [0.1, 0.15) is 23.2 Å². The van der Waals surface area contributed by atoms with Gasteiger partial charge in [0.2, 0.25) is 0 Å². The summed E-state index contributed by atoms with van der Waals surface area (Å²) in [4.78, 5) is 14.1. The molecule has 6 heteroatoms. The third kappa shape index (κ3) is 3.13. The molecule has 19 heavy (non-hydrogen) atoms. The van der Waals surface area contributed by atoms with E-state index in [0.717, 1.165) is 19.1 Å². The average molecular weight is 282 g/mol. The van der Waals surface area contributed by atoms with E-state index in [0.29, 0.717) is 13.1 Å². The summed E-state index contributed by atoms with van der Waals surface area (Å²) in [6.45, 7) is 1.11. The van der Waals surface area contributed by atoms with Gasteiger partial charge in [0.15, 0.2) is 9.84 Å². The lowest BCUT2D eigenvalue weighted by Crippen LogP contribution is -2.46. The summed E-state index contributed by atoms with van der Waals surface area (Å²) in [6, 6.07) is 6.29. The number of hydrogen-bond donors (Lipinski definition) is 1. The first-order chi connectivity index (χ1) is 8.89. The van der Waals surface area contributed by atoms with E-state index in [4.69, 9.17) is 5.73 Å². The van der Waals surface area contributed by atoms with Crippen molar-refractivity contribution in [3.05, 3.63) is 29.8 Å². The zero-order valence-corrected chi connectivity index (χ0v) is 11.7. The van der Waals surface area contributed by atoms with E-state index < -0.39 is 9.84 Å². The third-order valence-electron chi connectivity index (χ3n) is 3.26. The molecule has 0 saturated carbocycles. The van der Waals surface area contributed by atoms with Crippen LogP contribution in [-0.2, 0) is 9.84 Å². The second-order valence-corrected chi connectivity index (χ2v) is 6.91. The maximum atomic E-state index is 12.4. The molecule has 5 nitrogen and oxygen atoms in total. The van der Waals surface area contributed by atoms with Crippen LogP contribution in [-0.4, -0.2) is 44.6 Å². The first-order valence-corrected chi connectivity index (χ1v) is 8.12. The standard InChI is InChI=1S/C13H18N2O3S/c1-19(17,18)12-7-3-2-6-11(12)13(16)15-8-4-5-10(14)9-15/h2-3,6-7,10H,4-5,8-9,14H2,1H3/t10-/m0/s1. The largest absolute Gasteiger partial charge is 0.337 e. The first kappa shape index (κ1) is 14.0. The molecule has 1 heterocycles. The number of hydrogen-bond acceptors (Lipinski definition) is 4. The van der Waals surface area contributed by atoms with Crippen LogP contribution >= 0.6 is 0 Å². The minimum atomic E-state index is -3.41. The van der Waals surface area contributed by atoms with Gasteiger partial charge < -0.3 is 10.6 Å². The number of carbonyl (C=O) groups excluding carboxylic acids is 1. The van der Waals surface area contributed by atoms with Crippen LogP contribution in [0.2, 0.25) is 0 Å². The lowest BCUT2D eigenvalue weighted by atomic mass is 10.1. The lowest BCUT2D eigenvalue weighted by Gasteiger charge is -2.31. The SMILES string of the molecule is CS(=O)(=O)c1ccccc1C(=O)N1CCC[C@H](N)C1. The Morgan fingerprint density at radius 3 is 2.68 bits per heavy atom. The normalized spacial score (nSPS) is 20.3. The lowest BCUT2D eigenvalue weighted by molar-refractivity contribution is 0.0705. The van der Waals surface area contributed by atoms with Gasteiger partial charge in [0.05, 0.1) is 10.5 Å². The Balaban J connectivity index is 2.34. The summed E-state index contributed by atoms with van der Waals surface area (Å²) in [5, 5.41) is 0. The fraction of sp³-hybridized carbons (Fsp3) is 0.462. The van der Waals surface area contributed by atoms with Crippen LogP contribution in [0.15, 0.2) is 29.2 Å². The van der Waals surface area contributed by atoms with Crippen molar-refractivity contribution in [2.45, 2.75) is 23.8 Å². The number of sulfone groups is 1. The highest BCUT2D eigenvalue weighted by Crippen LogP contribution is 2.19. The molecule has 1 fully saturated rings. The molecule has 2 N–H and O–H groups in total. The Morgan fingerprint density at radius 2 is 2.05 bits per heavy atom. The maximum absolute atomic E-state index is 12.4. The minimum absolute atomic E-state index is 0.0249. The molecular weight excluding hydrogens is 264 g/mol. The van der Waals surface area contributed by atoms with E-state index >= 15 is 0 Å². The van der Waals surface area contributed by atoms with Gasteiger partial charge in [0.1, 0.15) is 0 Å². The first-order valence-electron chi connectivity index (χ1n) is 6.23. The number of likely N-dealkylation sites (tertiary alicyclic amines) is 1. The van der Waals surface area contributed by atoms with Crippen LogP contribution in [0.4, 0.5) is 0 Å². The third-order valence-corrected chi connectivity index (χ3v) is 4.42. The van der Waals surface area contributed by atoms with E-state index in [1.807, 2.05) is 0 Å². The number of nitrogens with two attached hydrogens (primary N) is 1. The second-order valence-electron chi connectivity index (χ2n) is 4.92. The molecule has 2 rings (SSSR count). The topological polar surface area (TPSA) is 80.5 Å². The fourth-order valence-corrected chi connectivity index (χ4v) is 3.21. The smallest absolute Gasteiger partial charge is 0.255 e. The van der Waals surface area contributed by atoms with Crippen molar-refractivity contribution in [3.63, 3.8) is 0 Å². The van der Waals surface area contributed by atoms with Gasteiger partial charge in [-0.3, -0.25) is 4.79 Å². The monoisotopic (exact) mass is 282 g/mol. The van der Waals surface area contributed by atoms with Crippen molar-refractivity contribution in [1.29, 1.82) is 0 Å². The van der Waals surface area contributed by atoms with Crippen LogP contribution < -0.4 is 5.73 Å². The highest BCUT2D eigenvalue weighted by molar-refractivity contribution is 7.90. The second kappa shape index (κ2) is 5.30. The van der Waals surface area contributed by atoms with Gasteiger partial charge in [-0.25, -0.2) is 8.42 Å². The molecule has 104 valence electrons. The van der Waals surface area contributed by atoms with Crippen molar-refractivity contribution in [2.24, 2.45) is 5.73 Å². The van der Waals surface area contributed by atoms with Gasteiger partial charge >= 0.3 is 0 Å². The Morgan fingerprint density at radius 1 is 1.37 bits per heavy atom. The highest BCUT2D eigenvalue weighted by Gasteiger charge is 2.26. The van der Waals surface area contributed by atoms with Gasteiger partial charge in [-0.15, -0.1) is 0 Å². The van der Waals surface area contributed by atoms with Crippen molar-refractivity contribution < 1.29 is 13.2 Å². The summed E-state index contributed by atoms with van der Waals surface area (Å²) in [5.74, 6) is -0.254. The summed E-state index contributed by atoms with van der Waals surface area (Å²) < 4.78 is 23.4. The van der Waals surface area contributed by atoms with E-state index in [-0.39, 0.29) is 22.4 Å². The van der Waals surface area contributed by atoms with Crippen LogP contribution in [0.3, 0.4) is 0 Å². The number of nitrogens with zero attached hydrogens (tertiary/aromatic N) is 1. The number of piperidine rings is 1. The van der Waals surface area contributed by atoms with E-state index in [2.05, 4.69) is 0 Å². The van der Waals surface area contributed by atoms with Crippen molar-refractivity contribution >= 4 is 15.7 Å². The van der Waals surface area contributed by atoms with Crippen molar-refractivity contribution in [1.82, 2.24) is 4.90 Å². The quantitative estimate of drug-likeness (QED) is 0.864. The predicted molar refractivity (Wildman–Crippen MR) is 72.7 cm³/mol. The summed E-state index contributed by atoms with van der Waals surface area (Å²) >= 11 is 0. The van der Waals surface area contributed by atoms with Crippen LogP contribution in [0.5, 0.6) is 0 Å². The van der Waals surface area contributed by atoms with Crippen LogP contribution in [0.25, 0.3) is 0 Å². The van der Waals surface area contributed by atoms with Gasteiger partial charge in [-0.1, -0.05) is 12.1 Å². The Hall–Kier alpha value is -1.40. The zero-order chi connectivity index (χ0) is 14.0. The maximum Gasteiger partial charge on any atom is 0.255 e. The predicted octanol–water partition coefficient (Wildman–Crippen LogP) is 0.653. The molecule has 1 aliphatic heterocycles. The van der Waals surface area contributed by atoms with Crippen LogP contribution in [0, 0.1) is 0 Å². The molecule has 0 spiro atoms. The molecule has 1 aliphatic rings. The molecule has 0 aromatic heterocycles. The van der Waals surface area contributed by atoms with Crippen molar-refractivity contribution in [3.8, 4) is 0 Å². The Kier molecular flexibility index (Phi) is 3.91. The minimum Gasteiger partial charge on any atom is -0.337 e. The van der Waals surface area contributed by atoms with Gasteiger partial charge in [0.25, 0.3) is 5.91 Å². The molecule has 0 bridgehead atoms. The number of rotatable bonds is 2. The van der Waals surface area contributed by atoms with Gasteiger partial charge in [-0.05, 0) is 25.0 Å². The summed E-state index contributed by atoms with van der Waals surface area (Å²) in [5.41, 5.74) is 6.09. The molecule has 1 saturated heterocycles. The molecule has 1 amide bonds. The fourth-order valence-electron chi connectivity index (χ4n) is 2.33. The Labute approximate surface area is 113 Å². The molecule has 1 atom stereocenters. The zero-order valence-electron chi connectivity index (χ0n) is 10.9. The average Bonchev–Trinajstić information content (AvgIpc) is 2.37. The van der Waals surface area contributed by atoms with E-state index in [1.165, 1.54) is 6.07 Å². The molecule has 1 aromatic carbocycles. The number of benzene rings is 1. The van der Waals surface area contributed by atoms with Crippen molar-refractivity contribution in [2.75, 3.05) is 19.3 Å². The molecule has 0 aliphatic carbocycles. The Bertz CT molecular complexity index is 583. The summed E-state index contributed by atoms with van der Waals surface area (Å²) in [6.07, 6.45) is 2.87. The summed E-state index contributed by atoms with van der Waals surface area (Å²) in [7, 11) is -3.41. The number of amides is 1. The molecular formula is C13H18N2O3S.